The van der Waals surface area contributed by atoms with E-state index < -0.39 is 0 Å². The molecule has 0 saturated heterocycles. The molecule has 80 valence electrons. The first-order valence-corrected chi connectivity index (χ1v) is 5.37. The van der Waals surface area contributed by atoms with Gasteiger partial charge < -0.3 is 0 Å². The van der Waals surface area contributed by atoms with Crippen molar-refractivity contribution in [1.82, 2.24) is 0 Å². The Morgan fingerprint density at radius 2 is 1.87 bits per heavy atom. The molecule has 0 atom stereocenters. The lowest BCUT2D eigenvalue weighted by molar-refractivity contribution is 0.103. The van der Waals surface area contributed by atoms with Crippen LogP contribution in [0.3, 0.4) is 0 Å². The van der Waals surface area contributed by atoms with Crippen molar-refractivity contribution in [2.75, 3.05) is 0 Å². The van der Waals surface area contributed by atoms with Crippen LogP contribution in [-0.2, 0) is 0 Å². The Labute approximate surface area is 91.8 Å². The van der Waals surface area contributed by atoms with Gasteiger partial charge in [0.1, 0.15) is 0 Å². The average Bonchev–Trinajstić information content (AvgIpc) is 2.26. The van der Waals surface area contributed by atoms with Gasteiger partial charge in [-0.2, -0.15) is 0 Å². The molecule has 1 aromatic carbocycles. The first-order valence-electron chi connectivity index (χ1n) is 5.37. The van der Waals surface area contributed by atoms with E-state index in [9.17, 15) is 4.79 Å². The Balaban J connectivity index is 2.73. The minimum atomic E-state index is 0.135. The molecule has 0 aliphatic carbocycles. The lowest BCUT2D eigenvalue weighted by Crippen LogP contribution is -2.00. The minimum absolute atomic E-state index is 0.135. The molecular weight excluding hydrogens is 184 g/mol. The lowest BCUT2D eigenvalue weighted by atomic mass is 10.0. The highest BCUT2D eigenvalue weighted by molar-refractivity contribution is 6.08. The van der Waals surface area contributed by atoms with Gasteiger partial charge in [0, 0.05) is 5.56 Å². The smallest absolute Gasteiger partial charge is 0.188 e. The molecule has 0 fully saturated rings. The van der Waals surface area contributed by atoms with Crippen LogP contribution in [0.15, 0.2) is 42.0 Å². The molecule has 0 heterocycles. The van der Waals surface area contributed by atoms with E-state index in [1.54, 1.807) is 0 Å². The van der Waals surface area contributed by atoms with E-state index in [0.29, 0.717) is 5.92 Å². The van der Waals surface area contributed by atoms with Gasteiger partial charge in [-0.15, -0.1) is 0 Å². The molecule has 0 unspecified atom stereocenters. The Kier molecular flexibility index (Phi) is 4.29. The van der Waals surface area contributed by atoms with E-state index in [2.05, 4.69) is 13.8 Å². The first-order chi connectivity index (χ1) is 7.11. The average molecular weight is 202 g/mol. The fourth-order valence-corrected chi connectivity index (χ4v) is 1.32. The van der Waals surface area contributed by atoms with Gasteiger partial charge in [-0.25, -0.2) is 0 Å². The maximum atomic E-state index is 11.9. The molecule has 0 N–H and O–H groups in total. The summed E-state index contributed by atoms with van der Waals surface area (Å²) in [6.45, 7) is 6.19. The van der Waals surface area contributed by atoms with E-state index in [4.69, 9.17) is 0 Å². The summed E-state index contributed by atoms with van der Waals surface area (Å²) in [6.07, 6.45) is 2.99. The fraction of sp³-hybridized carbons (Fsp3) is 0.357. The van der Waals surface area contributed by atoms with Gasteiger partial charge in [0.25, 0.3) is 0 Å². The van der Waals surface area contributed by atoms with Gasteiger partial charge in [-0.1, -0.05) is 50.3 Å². The van der Waals surface area contributed by atoms with Gasteiger partial charge >= 0.3 is 0 Å². The topological polar surface area (TPSA) is 17.1 Å². The van der Waals surface area contributed by atoms with Crippen LogP contribution in [0, 0.1) is 5.92 Å². The van der Waals surface area contributed by atoms with E-state index in [0.717, 1.165) is 17.6 Å². The lowest BCUT2D eigenvalue weighted by Gasteiger charge is -2.02. The number of carbonyl (C=O) groups is 1. The van der Waals surface area contributed by atoms with Crippen LogP contribution >= 0.6 is 0 Å². The highest BCUT2D eigenvalue weighted by Crippen LogP contribution is 2.10. The number of allylic oxidation sites excluding steroid dienone is 2. The molecule has 0 radical (unpaired) electrons. The molecular formula is C14H18O. The second-order valence-corrected chi connectivity index (χ2v) is 4.21. The predicted molar refractivity (Wildman–Crippen MR) is 64.0 cm³/mol. The third-order valence-electron chi connectivity index (χ3n) is 2.29. The standard InChI is InChI=1S/C14H18O/c1-11(2)9-10-12(3)14(15)13-7-5-4-6-8-13/h4-8,10-11H,9H2,1-3H3/b12-10+. The molecule has 0 aliphatic rings. The molecule has 0 aromatic heterocycles. The summed E-state index contributed by atoms with van der Waals surface area (Å²) in [5.74, 6) is 0.736. The first kappa shape index (κ1) is 11.7. The summed E-state index contributed by atoms with van der Waals surface area (Å²) in [7, 11) is 0. The molecule has 1 heteroatoms. The van der Waals surface area contributed by atoms with Gasteiger partial charge in [0.2, 0.25) is 0 Å². The Hall–Kier alpha value is -1.37. The number of hydrogen-bond acceptors (Lipinski definition) is 1. The number of rotatable bonds is 4. The summed E-state index contributed by atoms with van der Waals surface area (Å²) in [6, 6.07) is 9.42. The Morgan fingerprint density at radius 3 is 2.40 bits per heavy atom. The van der Waals surface area contributed by atoms with Crippen molar-refractivity contribution in [3.63, 3.8) is 0 Å². The maximum absolute atomic E-state index is 11.9. The summed E-state index contributed by atoms with van der Waals surface area (Å²) in [5, 5.41) is 0. The molecule has 0 amide bonds. The van der Waals surface area contributed by atoms with E-state index >= 15 is 0 Å². The Bertz CT molecular complexity index is 347. The fourth-order valence-electron chi connectivity index (χ4n) is 1.32. The van der Waals surface area contributed by atoms with Crippen LogP contribution in [-0.4, -0.2) is 5.78 Å². The van der Waals surface area contributed by atoms with Crippen molar-refractivity contribution in [3.05, 3.63) is 47.5 Å². The maximum Gasteiger partial charge on any atom is 0.188 e. The quantitative estimate of drug-likeness (QED) is 0.535. The van der Waals surface area contributed by atoms with E-state index in [-0.39, 0.29) is 5.78 Å². The zero-order valence-electron chi connectivity index (χ0n) is 9.66. The molecule has 1 nitrogen and oxygen atoms in total. The number of hydrogen-bond donors (Lipinski definition) is 0. The Morgan fingerprint density at radius 1 is 1.27 bits per heavy atom. The van der Waals surface area contributed by atoms with Crippen LogP contribution in [0.25, 0.3) is 0 Å². The molecule has 15 heavy (non-hydrogen) atoms. The summed E-state index contributed by atoms with van der Waals surface area (Å²) >= 11 is 0. The third kappa shape index (κ3) is 3.70. The zero-order valence-corrected chi connectivity index (χ0v) is 9.66. The second kappa shape index (κ2) is 5.50. The minimum Gasteiger partial charge on any atom is -0.289 e. The van der Waals surface area contributed by atoms with Gasteiger partial charge in [-0.05, 0) is 24.8 Å². The highest BCUT2D eigenvalue weighted by Gasteiger charge is 2.06. The van der Waals surface area contributed by atoms with Crippen molar-refractivity contribution < 1.29 is 4.79 Å². The van der Waals surface area contributed by atoms with Crippen LogP contribution < -0.4 is 0 Å². The molecule has 0 saturated carbocycles. The SMILES string of the molecule is C/C(=C\CC(C)C)C(=O)c1ccccc1. The number of carbonyl (C=O) groups excluding carboxylic acids is 1. The third-order valence-corrected chi connectivity index (χ3v) is 2.29. The van der Waals surface area contributed by atoms with Crippen LogP contribution in [0.5, 0.6) is 0 Å². The van der Waals surface area contributed by atoms with Gasteiger partial charge in [-0.3, -0.25) is 4.79 Å². The van der Waals surface area contributed by atoms with Crippen molar-refractivity contribution in [2.24, 2.45) is 5.92 Å². The van der Waals surface area contributed by atoms with Crippen LogP contribution in [0.2, 0.25) is 0 Å². The zero-order chi connectivity index (χ0) is 11.3. The second-order valence-electron chi connectivity index (χ2n) is 4.21. The van der Waals surface area contributed by atoms with Gasteiger partial charge in [0.05, 0.1) is 0 Å². The number of ketones is 1. The van der Waals surface area contributed by atoms with Crippen LogP contribution in [0.4, 0.5) is 0 Å². The largest absolute Gasteiger partial charge is 0.289 e. The molecule has 0 bridgehead atoms. The normalized spacial score (nSPS) is 11.9. The monoisotopic (exact) mass is 202 g/mol. The molecule has 1 rings (SSSR count). The van der Waals surface area contributed by atoms with E-state index in [1.165, 1.54) is 0 Å². The summed E-state index contributed by atoms with van der Waals surface area (Å²) in [4.78, 5) is 11.9. The van der Waals surface area contributed by atoms with Gasteiger partial charge in [0.15, 0.2) is 5.78 Å². The molecule has 0 spiro atoms. The van der Waals surface area contributed by atoms with Crippen LogP contribution in [0.1, 0.15) is 37.6 Å². The molecule has 1 aromatic rings. The van der Waals surface area contributed by atoms with Crippen molar-refractivity contribution in [1.29, 1.82) is 0 Å². The number of Topliss-reactive ketones (excluding diaryl/α,β-unsaturated/α-hetero) is 1. The van der Waals surface area contributed by atoms with E-state index in [1.807, 2.05) is 43.3 Å². The molecule has 0 aliphatic heterocycles. The number of benzene rings is 1. The van der Waals surface area contributed by atoms with Crippen molar-refractivity contribution >= 4 is 5.78 Å². The predicted octanol–water partition coefficient (Wildman–Crippen LogP) is 3.86. The highest BCUT2D eigenvalue weighted by atomic mass is 16.1. The van der Waals surface area contributed by atoms with Crippen molar-refractivity contribution in [2.45, 2.75) is 27.2 Å². The summed E-state index contributed by atoms with van der Waals surface area (Å²) in [5.41, 5.74) is 1.62. The van der Waals surface area contributed by atoms with Crippen molar-refractivity contribution in [3.8, 4) is 0 Å². The summed E-state index contributed by atoms with van der Waals surface area (Å²) < 4.78 is 0.